The molecule has 0 radical (unpaired) electrons. The van der Waals surface area contributed by atoms with Crippen molar-refractivity contribution < 1.29 is 9.53 Å². The summed E-state index contributed by atoms with van der Waals surface area (Å²) in [5.41, 5.74) is 0. The molecule has 0 saturated heterocycles. The zero-order valence-electron chi connectivity index (χ0n) is 10.8. The summed E-state index contributed by atoms with van der Waals surface area (Å²) in [6, 6.07) is 3.72. The van der Waals surface area contributed by atoms with Gasteiger partial charge in [0.05, 0.1) is 7.11 Å². The highest BCUT2D eigenvalue weighted by Gasteiger charge is 2.10. The second-order valence-electron chi connectivity index (χ2n) is 3.86. The van der Waals surface area contributed by atoms with Crippen LogP contribution < -0.4 is 0 Å². The molecule has 0 bridgehead atoms. The van der Waals surface area contributed by atoms with Crippen molar-refractivity contribution in [1.82, 2.24) is 15.2 Å². The van der Waals surface area contributed by atoms with Crippen LogP contribution in [-0.2, 0) is 16.9 Å². The van der Waals surface area contributed by atoms with Gasteiger partial charge in [0.2, 0.25) is 5.16 Å². The van der Waals surface area contributed by atoms with Crippen LogP contribution in [0.2, 0.25) is 0 Å². The van der Waals surface area contributed by atoms with E-state index in [1.807, 2.05) is 6.07 Å². The number of H-pyrrole nitrogens is 1. The summed E-state index contributed by atoms with van der Waals surface area (Å²) in [5, 5.41) is 7.82. The molecule has 1 N–H and O–H groups in total. The van der Waals surface area contributed by atoms with Gasteiger partial charge in [-0.15, -0.1) is 16.4 Å². The number of carbonyl (C=O) groups excluding carboxylic acids is 1. The van der Waals surface area contributed by atoms with Gasteiger partial charge in [0, 0.05) is 17.1 Å². The summed E-state index contributed by atoms with van der Waals surface area (Å²) >= 11 is 3.00. The lowest BCUT2D eigenvalue weighted by molar-refractivity contribution is 0.0606. The Morgan fingerprint density at radius 2 is 2.37 bits per heavy atom. The minimum atomic E-state index is -0.288. The van der Waals surface area contributed by atoms with Crippen LogP contribution in [0.25, 0.3) is 0 Å². The fourth-order valence-corrected chi connectivity index (χ4v) is 3.28. The predicted octanol–water partition coefficient (Wildman–Crippen LogP) is 2.90. The number of aromatic nitrogens is 3. The molecule has 5 nitrogen and oxygen atoms in total. The van der Waals surface area contributed by atoms with Crippen LogP contribution in [0.15, 0.2) is 17.3 Å². The number of hydrogen-bond donors (Lipinski definition) is 1. The van der Waals surface area contributed by atoms with Gasteiger partial charge in [-0.2, -0.15) is 0 Å². The number of ether oxygens (including phenoxy) is 1. The minimum absolute atomic E-state index is 0.288. The number of nitrogens with zero attached hydrogens (tertiary/aromatic N) is 2. The highest BCUT2D eigenvalue weighted by atomic mass is 32.2. The second-order valence-corrected chi connectivity index (χ2v) is 5.97. The van der Waals surface area contributed by atoms with Crippen molar-refractivity contribution >= 4 is 29.1 Å². The van der Waals surface area contributed by atoms with Gasteiger partial charge in [0.15, 0.2) is 0 Å². The fraction of sp³-hybridized carbons (Fsp3) is 0.417. The van der Waals surface area contributed by atoms with Crippen LogP contribution in [0.4, 0.5) is 0 Å². The van der Waals surface area contributed by atoms with Gasteiger partial charge in [0.1, 0.15) is 10.7 Å². The highest BCUT2D eigenvalue weighted by molar-refractivity contribution is 7.98. The fourth-order valence-electron chi connectivity index (χ4n) is 1.49. The smallest absolute Gasteiger partial charge is 0.348 e. The van der Waals surface area contributed by atoms with Gasteiger partial charge in [-0.1, -0.05) is 18.7 Å². The van der Waals surface area contributed by atoms with Crippen LogP contribution in [0.5, 0.6) is 0 Å². The van der Waals surface area contributed by atoms with Crippen LogP contribution in [-0.4, -0.2) is 28.3 Å². The van der Waals surface area contributed by atoms with E-state index in [9.17, 15) is 4.79 Å². The lowest BCUT2D eigenvalue weighted by Gasteiger charge is -1.94. The molecule has 0 aliphatic heterocycles. The average Bonchev–Trinajstić information content (AvgIpc) is 3.05. The Bertz CT molecular complexity index is 551. The molecular formula is C12H15N3O2S2. The topological polar surface area (TPSA) is 67.9 Å². The average molecular weight is 297 g/mol. The van der Waals surface area contributed by atoms with Crippen LogP contribution in [0, 0.1) is 0 Å². The quantitative estimate of drug-likeness (QED) is 0.656. The van der Waals surface area contributed by atoms with Crippen molar-refractivity contribution in [2.45, 2.75) is 30.7 Å². The number of aromatic amines is 1. The van der Waals surface area contributed by atoms with E-state index >= 15 is 0 Å². The molecule has 0 fully saturated rings. The zero-order chi connectivity index (χ0) is 13.7. The van der Waals surface area contributed by atoms with Gasteiger partial charge in [0.25, 0.3) is 0 Å². The van der Waals surface area contributed by atoms with Gasteiger partial charge in [-0.3, -0.25) is 5.10 Å². The van der Waals surface area contributed by atoms with E-state index in [0.717, 1.165) is 34.5 Å². The Balaban J connectivity index is 1.90. The zero-order valence-corrected chi connectivity index (χ0v) is 12.4. The summed E-state index contributed by atoms with van der Waals surface area (Å²) < 4.78 is 4.68. The maximum atomic E-state index is 11.3. The Hall–Kier alpha value is -1.34. The molecule has 0 atom stereocenters. The highest BCUT2D eigenvalue weighted by Crippen LogP contribution is 2.25. The predicted molar refractivity (Wildman–Crippen MR) is 75.6 cm³/mol. The van der Waals surface area contributed by atoms with E-state index in [0.29, 0.717) is 4.88 Å². The van der Waals surface area contributed by atoms with Crippen molar-refractivity contribution in [3.63, 3.8) is 0 Å². The molecule has 7 heteroatoms. The number of carbonyl (C=O) groups is 1. The summed E-state index contributed by atoms with van der Waals surface area (Å²) in [7, 11) is 1.39. The third kappa shape index (κ3) is 3.81. The molecule has 0 amide bonds. The number of aryl methyl sites for hydroxylation is 1. The lowest BCUT2D eigenvalue weighted by Crippen LogP contribution is -1.96. The number of hydrogen-bond acceptors (Lipinski definition) is 6. The van der Waals surface area contributed by atoms with Crippen LogP contribution in [0.3, 0.4) is 0 Å². The standard InChI is InChI=1S/C12H15N3O2S2/c1-3-4-10-13-12(15-14-10)18-7-8-5-6-9(19-8)11(16)17-2/h5-6H,3-4,7H2,1-2H3,(H,13,14,15). The third-order valence-corrected chi connectivity index (χ3v) is 4.53. The van der Waals surface area contributed by atoms with E-state index in [1.165, 1.54) is 18.4 Å². The minimum Gasteiger partial charge on any atom is -0.465 e. The van der Waals surface area contributed by atoms with Crippen molar-refractivity contribution in [2.24, 2.45) is 0 Å². The maximum absolute atomic E-state index is 11.3. The summed E-state index contributed by atoms with van der Waals surface area (Å²) in [6.07, 6.45) is 1.96. The van der Waals surface area contributed by atoms with Gasteiger partial charge >= 0.3 is 5.97 Å². The molecule has 2 rings (SSSR count). The van der Waals surface area contributed by atoms with Crippen molar-refractivity contribution in [3.05, 3.63) is 27.7 Å². The molecule has 102 valence electrons. The molecule has 0 aliphatic carbocycles. The van der Waals surface area contributed by atoms with E-state index in [1.54, 1.807) is 17.8 Å². The Morgan fingerprint density at radius 3 is 3.11 bits per heavy atom. The molecule has 2 aromatic rings. The number of thioether (sulfide) groups is 1. The number of nitrogens with one attached hydrogen (secondary N) is 1. The van der Waals surface area contributed by atoms with E-state index in [2.05, 4.69) is 26.8 Å². The maximum Gasteiger partial charge on any atom is 0.348 e. The monoisotopic (exact) mass is 297 g/mol. The molecule has 2 aromatic heterocycles. The van der Waals surface area contributed by atoms with E-state index in [-0.39, 0.29) is 5.97 Å². The van der Waals surface area contributed by atoms with E-state index in [4.69, 9.17) is 0 Å². The number of methoxy groups -OCH3 is 1. The number of thiophene rings is 1. The first kappa shape index (κ1) is 14.1. The summed E-state index contributed by atoms with van der Waals surface area (Å²) in [6.45, 7) is 2.11. The third-order valence-electron chi connectivity index (χ3n) is 2.39. The summed E-state index contributed by atoms with van der Waals surface area (Å²) in [5.74, 6) is 1.39. The largest absolute Gasteiger partial charge is 0.465 e. The molecule has 0 saturated carbocycles. The summed E-state index contributed by atoms with van der Waals surface area (Å²) in [4.78, 5) is 17.4. The SMILES string of the molecule is CCCc1nc(SCc2ccc(C(=O)OC)s2)n[nH]1. The van der Waals surface area contributed by atoms with Crippen molar-refractivity contribution in [3.8, 4) is 0 Å². The molecule has 0 aliphatic rings. The van der Waals surface area contributed by atoms with Gasteiger partial charge < -0.3 is 4.74 Å². The Morgan fingerprint density at radius 1 is 1.53 bits per heavy atom. The second kappa shape index (κ2) is 6.72. The van der Waals surface area contributed by atoms with Gasteiger partial charge in [-0.05, 0) is 18.6 Å². The molecular weight excluding hydrogens is 282 g/mol. The van der Waals surface area contributed by atoms with Crippen LogP contribution in [0.1, 0.15) is 33.7 Å². The van der Waals surface area contributed by atoms with Crippen LogP contribution >= 0.6 is 23.1 Å². The van der Waals surface area contributed by atoms with Crippen molar-refractivity contribution in [2.75, 3.05) is 7.11 Å². The first-order valence-electron chi connectivity index (χ1n) is 5.94. The van der Waals surface area contributed by atoms with E-state index < -0.39 is 0 Å². The van der Waals surface area contributed by atoms with Crippen molar-refractivity contribution in [1.29, 1.82) is 0 Å². The lowest BCUT2D eigenvalue weighted by atomic mass is 10.3. The molecule has 0 aromatic carbocycles. The first-order chi connectivity index (χ1) is 9.22. The normalized spacial score (nSPS) is 10.6. The molecule has 2 heterocycles. The molecule has 0 unspecified atom stereocenters. The van der Waals surface area contributed by atoms with Gasteiger partial charge in [-0.25, -0.2) is 9.78 Å². The molecule has 19 heavy (non-hydrogen) atoms. The Kier molecular flexibility index (Phi) is 4.98. The number of rotatable bonds is 6. The first-order valence-corrected chi connectivity index (χ1v) is 7.74. The molecule has 0 spiro atoms. The Labute approximate surface area is 119 Å². The number of esters is 1.